The molecule has 3 aliphatic rings. The van der Waals surface area contributed by atoms with Crippen molar-refractivity contribution in [3.8, 4) is 0 Å². The fraction of sp³-hybridized carbons (Fsp3) is 0.534. The Bertz CT molecular complexity index is 2170. The number of carbonyl (C=O) groups excluding carboxylic acids is 1. The molecule has 8 heteroatoms. The Hall–Kier alpha value is -3.22. The Balaban J connectivity index is 1.24. The van der Waals surface area contributed by atoms with Crippen molar-refractivity contribution in [2.75, 3.05) is 6.61 Å². The molecule has 5 nitrogen and oxygen atoms in total. The van der Waals surface area contributed by atoms with Gasteiger partial charge in [0.25, 0.3) is 16.6 Å². The van der Waals surface area contributed by atoms with Crippen LogP contribution in [0, 0.1) is 29.1 Å². The van der Waals surface area contributed by atoms with Crippen molar-refractivity contribution in [2.45, 2.75) is 161 Å². The highest BCUT2D eigenvalue weighted by atomic mass is 28.4. The standard InChI is InChI=1S/C58H82O5Si3/c1-15-28-52-56(10,37-38-58(52)43(2)39-45(61-58)42-60-65(54(4,5)6,46-29-20-16-21-30-46)47-31-22-17-23-32-47)40-50-53(44(3)59)51(41-57(50,11)63-64(12,13)14)62-66(55(7,8)9,48-33-24-18-25-34-48)49-35-26-19-27-36-49/h15-27,29-36,43,45,50-53H,1,28,37-42H2,2-14H3/t43-,45+,50-,51-,52+,53+,56+,57+,58-/m0/s1. The van der Waals surface area contributed by atoms with E-state index in [1.54, 1.807) is 0 Å². The normalized spacial score (nSPS) is 29.7. The molecule has 0 bridgehead atoms. The quantitative estimate of drug-likeness (QED) is 0.0827. The monoisotopic (exact) mass is 943 g/mol. The minimum Gasteiger partial charge on any atom is -0.412 e. The van der Waals surface area contributed by atoms with Crippen molar-refractivity contribution in [3.63, 3.8) is 0 Å². The van der Waals surface area contributed by atoms with Crippen LogP contribution in [0.25, 0.3) is 0 Å². The van der Waals surface area contributed by atoms with Crippen LogP contribution in [-0.4, -0.2) is 60.8 Å². The summed E-state index contributed by atoms with van der Waals surface area (Å²) in [6.07, 6.45) is 7.13. The molecule has 0 N–H and O–H groups in total. The summed E-state index contributed by atoms with van der Waals surface area (Å²) in [4.78, 5) is 14.6. The van der Waals surface area contributed by atoms with E-state index in [1.807, 2.05) is 6.92 Å². The molecule has 356 valence electrons. The minimum absolute atomic E-state index is 0.0301. The molecule has 1 spiro atoms. The lowest BCUT2D eigenvalue weighted by Crippen LogP contribution is -2.68. The van der Waals surface area contributed by atoms with Gasteiger partial charge in [-0.3, -0.25) is 4.79 Å². The number of Topliss-reactive ketones (excluding diaryl/α,β-unsaturated/α-hetero) is 1. The van der Waals surface area contributed by atoms with Crippen molar-refractivity contribution in [2.24, 2.45) is 29.1 Å². The predicted octanol–water partition coefficient (Wildman–Crippen LogP) is 11.9. The second kappa shape index (κ2) is 18.9. The van der Waals surface area contributed by atoms with Gasteiger partial charge in [0.1, 0.15) is 5.78 Å². The number of hydrogen-bond donors (Lipinski definition) is 0. The van der Waals surface area contributed by atoms with Crippen LogP contribution < -0.4 is 20.7 Å². The zero-order valence-corrected chi connectivity index (χ0v) is 45.8. The molecule has 0 amide bonds. The van der Waals surface area contributed by atoms with Crippen molar-refractivity contribution < 1.29 is 22.8 Å². The van der Waals surface area contributed by atoms with Gasteiger partial charge in [0.15, 0.2) is 8.32 Å². The number of carbonyl (C=O) groups is 1. The number of rotatable bonds is 16. The van der Waals surface area contributed by atoms with Gasteiger partial charge in [-0.2, -0.15) is 0 Å². The van der Waals surface area contributed by atoms with E-state index in [0.29, 0.717) is 18.9 Å². The highest BCUT2D eigenvalue weighted by Gasteiger charge is 2.65. The van der Waals surface area contributed by atoms with Gasteiger partial charge in [-0.05, 0) is 120 Å². The van der Waals surface area contributed by atoms with Crippen molar-refractivity contribution >= 4 is 51.5 Å². The second-order valence-electron chi connectivity index (χ2n) is 24.0. The first kappa shape index (κ1) is 50.7. The first-order valence-electron chi connectivity index (χ1n) is 25.0. The minimum atomic E-state index is -3.00. The zero-order valence-electron chi connectivity index (χ0n) is 42.8. The summed E-state index contributed by atoms with van der Waals surface area (Å²) < 4.78 is 30.6. The Morgan fingerprint density at radius 2 is 1.20 bits per heavy atom. The molecule has 4 aromatic carbocycles. The summed E-state index contributed by atoms with van der Waals surface area (Å²) in [5, 5.41) is 4.71. The van der Waals surface area contributed by atoms with E-state index in [-0.39, 0.29) is 56.8 Å². The lowest BCUT2D eigenvalue weighted by Gasteiger charge is -2.46. The molecule has 1 aliphatic heterocycles. The molecule has 0 aromatic heterocycles. The van der Waals surface area contributed by atoms with Gasteiger partial charge < -0.3 is 18.0 Å². The van der Waals surface area contributed by atoms with E-state index in [1.165, 1.54) is 20.7 Å². The van der Waals surface area contributed by atoms with Gasteiger partial charge in [-0.25, -0.2) is 0 Å². The largest absolute Gasteiger partial charge is 0.412 e. The number of allylic oxidation sites excluding steroid dienone is 1. The molecule has 7 rings (SSSR count). The molecule has 9 atom stereocenters. The number of ether oxygens (including phenoxy) is 1. The Morgan fingerprint density at radius 3 is 1.61 bits per heavy atom. The van der Waals surface area contributed by atoms with Gasteiger partial charge in [0, 0.05) is 12.3 Å². The molecule has 2 aliphatic carbocycles. The van der Waals surface area contributed by atoms with E-state index < -0.39 is 30.6 Å². The highest BCUT2D eigenvalue weighted by Crippen LogP contribution is 2.64. The SMILES string of the molecule is C=CC[C@@H]1[C@@](C)(C[C@H]2[C@@H](C(C)=O)[C@@H](O[Si](c3ccccc3)(c3ccccc3)C(C)(C)C)C[C@@]2(C)O[Si](C)(C)C)CC[C@@]12O[C@@H](CO[Si](c1ccccc1)(c1ccccc1)C(C)(C)C)C[C@@H]2C. The lowest BCUT2D eigenvalue weighted by molar-refractivity contribution is -0.127. The van der Waals surface area contributed by atoms with E-state index in [2.05, 4.69) is 216 Å². The molecule has 2 saturated carbocycles. The van der Waals surface area contributed by atoms with Crippen LogP contribution in [-0.2, 0) is 22.8 Å². The summed E-state index contributed by atoms with van der Waals surface area (Å²) in [6, 6.07) is 43.7. The summed E-state index contributed by atoms with van der Waals surface area (Å²) in [5.41, 5.74) is -1.01. The second-order valence-corrected chi connectivity index (χ2v) is 37.0. The van der Waals surface area contributed by atoms with E-state index in [9.17, 15) is 4.79 Å². The topological polar surface area (TPSA) is 54.0 Å². The molecular formula is C58H82O5Si3. The molecule has 1 heterocycles. The van der Waals surface area contributed by atoms with Crippen LogP contribution in [0.1, 0.15) is 108 Å². The van der Waals surface area contributed by atoms with Gasteiger partial charge in [-0.15, -0.1) is 6.58 Å². The van der Waals surface area contributed by atoms with Gasteiger partial charge in [0.2, 0.25) is 0 Å². The smallest absolute Gasteiger partial charge is 0.261 e. The van der Waals surface area contributed by atoms with Gasteiger partial charge >= 0.3 is 0 Å². The summed E-state index contributed by atoms with van der Waals surface area (Å²) in [5.74, 6) is 0.396. The average Bonchev–Trinajstić information content (AvgIpc) is 3.82. The van der Waals surface area contributed by atoms with Gasteiger partial charge in [0.05, 0.1) is 30.0 Å². The average molecular weight is 944 g/mol. The lowest BCUT2D eigenvalue weighted by atomic mass is 9.64. The third-order valence-corrected chi connectivity index (χ3v) is 27.5. The third-order valence-electron chi connectivity index (χ3n) is 16.3. The Kier molecular flexibility index (Phi) is 14.5. The summed E-state index contributed by atoms with van der Waals surface area (Å²) in [7, 11) is -7.87. The Labute approximate surface area is 402 Å². The van der Waals surface area contributed by atoms with Crippen LogP contribution in [0.3, 0.4) is 0 Å². The van der Waals surface area contributed by atoms with E-state index >= 15 is 0 Å². The molecule has 66 heavy (non-hydrogen) atoms. The van der Waals surface area contributed by atoms with Crippen molar-refractivity contribution in [1.82, 2.24) is 0 Å². The van der Waals surface area contributed by atoms with E-state index in [4.69, 9.17) is 18.0 Å². The zero-order chi connectivity index (χ0) is 48.0. The van der Waals surface area contributed by atoms with Crippen molar-refractivity contribution in [3.05, 3.63) is 134 Å². The number of hydrogen-bond acceptors (Lipinski definition) is 5. The molecule has 4 aromatic rings. The molecular weight excluding hydrogens is 861 g/mol. The number of ketones is 1. The first-order chi connectivity index (χ1) is 31.0. The maximum atomic E-state index is 14.6. The van der Waals surface area contributed by atoms with Crippen molar-refractivity contribution in [1.29, 1.82) is 0 Å². The summed E-state index contributed by atoms with van der Waals surface area (Å²) in [6.45, 7) is 34.9. The first-order valence-corrected chi connectivity index (χ1v) is 32.2. The van der Waals surface area contributed by atoms with Crippen LogP contribution in [0.2, 0.25) is 29.7 Å². The highest BCUT2D eigenvalue weighted by molar-refractivity contribution is 7.00. The third kappa shape index (κ3) is 9.31. The fourth-order valence-corrected chi connectivity index (χ4v) is 24.7. The summed E-state index contributed by atoms with van der Waals surface area (Å²) >= 11 is 0. The maximum absolute atomic E-state index is 14.6. The van der Waals surface area contributed by atoms with Crippen LogP contribution in [0.15, 0.2) is 134 Å². The number of benzene rings is 4. The molecule has 0 radical (unpaired) electrons. The van der Waals surface area contributed by atoms with Crippen LogP contribution in [0.5, 0.6) is 0 Å². The predicted molar refractivity (Wildman–Crippen MR) is 283 cm³/mol. The maximum Gasteiger partial charge on any atom is 0.261 e. The Morgan fingerprint density at radius 1 is 0.742 bits per heavy atom. The van der Waals surface area contributed by atoms with Crippen LogP contribution >= 0.6 is 0 Å². The fourth-order valence-electron chi connectivity index (χ4n) is 13.8. The molecule has 0 unspecified atom stereocenters. The van der Waals surface area contributed by atoms with E-state index in [0.717, 1.165) is 32.1 Å². The van der Waals surface area contributed by atoms with Gasteiger partial charge in [-0.1, -0.05) is 183 Å². The molecule has 1 saturated heterocycles. The molecule has 3 fully saturated rings. The van der Waals surface area contributed by atoms with Crippen LogP contribution in [0.4, 0.5) is 0 Å².